The lowest BCUT2D eigenvalue weighted by Crippen LogP contribution is -2.09. The summed E-state index contributed by atoms with van der Waals surface area (Å²) in [5.41, 5.74) is -0.142. The smallest absolute Gasteiger partial charge is 0.346 e. The zero-order valence-electron chi connectivity index (χ0n) is 6.41. The highest BCUT2D eigenvalue weighted by atomic mass is 35.5. The number of benzene rings is 1. The molecular formula is C8H5ClN2O2. The van der Waals surface area contributed by atoms with Gasteiger partial charge in [0.05, 0.1) is 5.52 Å². The first-order valence-electron chi connectivity index (χ1n) is 3.55. The maximum absolute atomic E-state index is 10.9. The van der Waals surface area contributed by atoms with Crippen LogP contribution >= 0.6 is 11.6 Å². The normalized spacial score (nSPS) is 10.5. The molecule has 0 amide bonds. The van der Waals surface area contributed by atoms with Gasteiger partial charge in [0.1, 0.15) is 10.9 Å². The van der Waals surface area contributed by atoms with Gasteiger partial charge in [0.2, 0.25) is 0 Å². The fourth-order valence-electron chi connectivity index (χ4n) is 1.10. The highest BCUT2D eigenvalue weighted by Crippen LogP contribution is 2.21. The number of phenols is 1. The third-order valence-corrected chi connectivity index (χ3v) is 1.95. The molecule has 0 aliphatic rings. The van der Waals surface area contributed by atoms with Gasteiger partial charge in [-0.15, -0.1) is 0 Å². The number of hydrogen-bond donors (Lipinski definition) is 2. The van der Waals surface area contributed by atoms with Gasteiger partial charge < -0.3 is 5.11 Å². The highest BCUT2D eigenvalue weighted by Gasteiger charge is 2.02. The molecule has 0 saturated heterocycles. The number of hydrogen-bond acceptors (Lipinski definition) is 3. The molecule has 0 radical (unpaired) electrons. The average Bonchev–Trinajstić information content (AvgIpc) is 2.02. The second kappa shape index (κ2) is 2.74. The number of aromatic amines is 1. The molecule has 4 nitrogen and oxygen atoms in total. The fourth-order valence-corrected chi connectivity index (χ4v) is 1.34. The molecule has 0 bridgehead atoms. The van der Waals surface area contributed by atoms with Gasteiger partial charge in [-0.05, 0) is 12.1 Å². The van der Waals surface area contributed by atoms with Gasteiger partial charge in [-0.2, -0.15) is 4.98 Å². The van der Waals surface area contributed by atoms with Crippen molar-refractivity contribution in [1.82, 2.24) is 9.97 Å². The van der Waals surface area contributed by atoms with Crippen LogP contribution in [-0.4, -0.2) is 15.1 Å². The van der Waals surface area contributed by atoms with E-state index in [1.54, 1.807) is 6.07 Å². The van der Waals surface area contributed by atoms with E-state index in [0.29, 0.717) is 10.9 Å². The Hall–Kier alpha value is -1.55. The van der Waals surface area contributed by atoms with Gasteiger partial charge in [-0.3, -0.25) is 4.98 Å². The summed E-state index contributed by atoms with van der Waals surface area (Å²) < 4.78 is 0. The third-order valence-electron chi connectivity index (χ3n) is 1.66. The quantitative estimate of drug-likeness (QED) is 0.624. The maximum atomic E-state index is 10.9. The van der Waals surface area contributed by atoms with Crippen LogP contribution in [0, 0.1) is 0 Å². The Labute approximate surface area is 77.8 Å². The summed E-state index contributed by atoms with van der Waals surface area (Å²) in [6.45, 7) is 0. The molecule has 1 aromatic carbocycles. The molecule has 0 aliphatic heterocycles. The Morgan fingerprint density at radius 1 is 1.46 bits per heavy atom. The minimum atomic E-state index is -0.525. The molecule has 5 heteroatoms. The summed E-state index contributed by atoms with van der Waals surface area (Å²) in [6, 6.07) is 4.46. The first kappa shape index (κ1) is 8.07. The van der Waals surface area contributed by atoms with Crippen molar-refractivity contribution in [2.24, 2.45) is 0 Å². The van der Waals surface area contributed by atoms with Crippen LogP contribution < -0.4 is 5.69 Å². The molecule has 0 unspecified atom stereocenters. The van der Waals surface area contributed by atoms with Crippen LogP contribution in [-0.2, 0) is 0 Å². The minimum Gasteiger partial charge on any atom is -0.508 e. The molecule has 0 spiro atoms. The van der Waals surface area contributed by atoms with Crippen molar-refractivity contribution in [1.29, 1.82) is 0 Å². The summed E-state index contributed by atoms with van der Waals surface area (Å²) >= 11 is 5.74. The van der Waals surface area contributed by atoms with Gasteiger partial charge in [-0.25, -0.2) is 4.79 Å². The molecule has 0 saturated carbocycles. The Kier molecular flexibility index (Phi) is 1.70. The first-order chi connectivity index (χ1) is 6.16. The molecule has 0 atom stereocenters. The van der Waals surface area contributed by atoms with Crippen molar-refractivity contribution in [2.75, 3.05) is 0 Å². The van der Waals surface area contributed by atoms with E-state index in [4.69, 9.17) is 16.7 Å². The average molecular weight is 197 g/mol. The fraction of sp³-hybridized carbons (Fsp3) is 0. The van der Waals surface area contributed by atoms with E-state index in [2.05, 4.69) is 9.97 Å². The number of nitrogens with zero attached hydrogens (tertiary/aromatic N) is 1. The lowest BCUT2D eigenvalue weighted by Gasteiger charge is -1.98. The molecule has 0 aliphatic carbocycles. The van der Waals surface area contributed by atoms with Gasteiger partial charge in [0, 0.05) is 11.5 Å². The van der Waals surface area contributed by atoms with Crippen LogP contribution in [0.3, 0.4) is 0 Å². The predicted molar refractivity (Wildman–Crippen MR) is 49.0 cm³/mol. The van der Waals surface area contributed by atoms with Crippen LogP contribution in [0.25, 0.3) is 10.9 Å². The number of phenolic OH excluding ortho intramolecular Hbond substituents is 1. The van der Waals surface area contributed by atoms with E-state index in [1.807, 2.05) is 0 Å². The van der Waals surface area contributed by atoms with E-state index in [0.717, 1.165) is 0 Å². The van der Waals surface area contributed by atoms with Crippen molar-refractivity contribution in [2.45, 2.75) is 0 Å². The zero-order chi connectivity index (χ0) is 9.42. The largest absolute Gasteiger partial charge is 0.508 e. The number of nitrogens with one attached hydrogen (secondary N) is 1. The number of H-pyrrole nitrogens is 1. The molecular weight excluding hydrogens is 192 g/mol. The predicted octanol–water partition coefficient (Wildman–Crippen LogP) is 1.28. The number of aromatic nitrogens is 2. The van der Waals surface area contributed by atoms with Crippen molar-refractivity contribution in [3.8, 4) is 5.75 Å². The van der Waals surface area contributed by atoms with Crippen molar-refractivity contribution < 1.29 is 5.11 Å². The molecule has 13 heavy (non-hydrogen) atoms. The van der Waals surface area contributed by atoms with Crippen molar-refractivity contribution in [3.63, 3.8) is 0 Å². The highest BCUT2D eigenvalue weighted by molar-refractivity contribution is 6.34. The molecule has 2 N–H and O–H groups in total. The van der Waals surface area contributed by atoms with Crippen LogP contribution in [0.1, 0.15) is 0 Å². The molecule has 1 aromatic heterocycles. The Bertz CT molecular complexity index is 521. The number of halogens is 1. The number of aromatic hydroxyl groups is 1. The zero-order valence-corrected chi connectivity index (χ0v) is 7.17. The van der Waals surface area contributed by atoms with Crippen molar-refractivity contribution >= 4 is 22.5 Å². The van der Waals surface area contributed by atoms with E-state index in [-0.39, 0.29) is 10.9 Å². The van der Waals surface area contributed by atoms with E-state index < -0.39 is 5.69 Å². The van der Waals surface area contributed by atoms with Crippen molar-refractivity contribution in [3.05, 3.63) is 33.8 Å². The molecule has 2 rings (SSSR count). The minimum absolute atomic E-state index is 0.0571. The lowest BCUT2D eigenvalue weighted by atomic mass is 10.2. The SMILES string of the molecule is O=c1nc2cc(O)ccc2c(Cl)[nH]1. The first-order valence-corrected chi connectivity index (χ1v) is 3.93. The maximum Gasteiger partial charge on any atom is 0.346 e. The second-order valence-corrected chi connectivity index (χ2v) is 2.94. The van der Waals surface area contributed by atoms with Gasteiger partial charge in [-0.1, -0.05) is 11.6 Å². The van der Waals surface area contributed by atoms with E-state index in [9.17, 15) is 4.79 Å². The van der Waals surface area contributed by atoms with Gasteiger partial charge >= 0.3 is 5.69 Å². The summed E-state index contributed by atoms with van der Waals surface area (Å²) in [6.07, 6.45) is 0. The van der Waals surface area contributed by atoms with Gasteiger partial charge in [0.15, 0.2) is 0 Å². The molecule has 2 aromatic rings. The summed E-state index contributed by atoms with van der Waals surface area (Å²) in [4.78, 5) is 16.9. The van der Waals surface area contributed by atoms with Crippen LogP contribution in [0.15, 0.2) is 23.0 Å². The summed E-state index contributed by atoms with van der Waals surface area (Å²) in [5, 5.41) is 9.96. The van der Waals surface area contributed by atoms with E-state index in [1.165, 1.54) is 12.1 Å². The molecule has 1 heterocycles. The second-order valence-electron chi connectivity index (χ2n) is 2.56. The van der Waals surface area contributed by atoms with Gasteiger partial charge in [0.25, 0.3) is 0 Å². The molecule has 66 valence electrons. The summed E-state index contributed by atoms with van der Waals surface area (Å²) in [5.74, 6) is 0.0571. The number of rotatable bonds is 0. The monoisotopic (exact) mass is 196 g/mol. The van der Waals surface area contributed by atoms with E-state index >= 15 is 0 Å². The Balaban J connectivity index is 2.94. The third kappa shape index (κ3) is 1.36. The van der Waals surface area contributed by atoms with Crippen LogP contribution in [0.2, 0.25) is 5.15 Å². The molecule has 0 fully saturated rings. The standard InChI is InChI=1S/C8H5ClN2O2/c9-7-5-2-1-4(12)3-6(5)10-8(13)11-7/h1-3,12H,(H,10,11,13). The Morgan fingerprint density at radius 2 is 2.23 bits per heavy atom. The van der Waals surface area contributed by atoms with Crippen LogP contribution in [0.5, 0.6) is 5.75 Å². The lowest BCUT2D eigenvalue weighted by molar-refractivity contribution is 0.476. The number of fused-ring (bicyclic) bond motifs is 1. The summed E-state index contributed by atoms with van der Waals surface area (Å²) in [7, 11) is 0. The Morgan fingerprint density at radius 3 is 3.00 bits per heavy atom. The topological polar surface area (TPSA) is 66.0 Å². The van der Waals surface area contributed by atoms with Crippen LogP contribution in [0.4, 0.5) is 0 Å².